The number of aryl methyl sites for hydroxylation is 4. The molecule has 0 spiro atoms. The summed E-state index contributed by atoms with van der Waals surface area (Å²) in [5, 5.41) is 3.03. The smallest absolute Gasteiger partial charge is 0.243 e. The van der Waals surface area contributed by atoms with Crippen molar-refractivity contribution < 1.29 is 17.6 Å². The average molecular weight is 499 g/mol. The molecule has 186 valence electrons. The summed E-state index contributed by atoms with van der Waals surface area (Å²) in [6.45, 7) is 6.11. The fraction of sp³-hybridized carbons (Fsp3) is 0.385. The molecule has 35 heavy (non-hydrogen) atoms. The maximum atomic E-state index is 13.9. The van der Waals surface area contributed by atoms with E-state index >= 15 is 0 Å². The SMILES string of the molecule is Cc1cc(C)c(S(=O)(=O)N2CCC(C(=O)N[C@@H](c3cccc(F)c3)c3nccn3C)CC2)c(C)c1. The molecule has 0 aliphatic carbocycles. The van der Waals surface area contributed by atoms with Crippen LogP contribution in [-0.2, 0) is 21.9 Å². The Hall–Kier alpha value is -3.04. The topological polar surface area (TPSA) is 84.3 Å². The number of rotatable bonds is 6. The Morgan fingerprint density at radius 2 is 1.77 bits per heavy atom. The highest BCUT2D eigenvalue weighted by molar-refractivity contribution is 7.89. The quantitative estimate of drug-likeness (QED) is 0.561. The average Bonchev–Trinajstić information content (AvgIpc) is 3.22. The molecule has 1 amide bonds. The van der Waals surface area contributed by atoms with Gasteiger partial charge in [0.05, 0.1) is 4.90 Å². The molecule has 2 heterocycles. The Balaban J connectivity index is 1.49. The highest BCUT2D eigenvalue weighted by atomic mass is 32.2. The molecule has 1 aliphatic heterocycles. The summed E-state index contributed by atoms with van der Waals surface area (Å²) in [6, 6.07) is 9.25. The zero-order valence-electron chi connectivity index (χ0n) is 20.5. The van der Waals surface area contributed by atoms with E-state index in [0.717, 1.165) is 16.7 Å². The number of benzene rings is 2. The predicted molar refractivity (Wildman–Crippen MR) is 132 cm³/mol. The summed E-state index contributed by atoms with van der Waals surface area (Å²) in [6.07, 6.45) is 4.22. The first-order valence-corrected chi connectivity index (χ1v) is 13.1. The maximum absolute atomic E-state index is 13.9. The van der Waals surface area contributed by atoms with Crippen molar-refractivity contribution >= 4 is 15.9 Å². The summed E-state index contributed by atoms with van der Waals surface area (Å²) < 4.78 is 44.0. The van der Waals surface area contributed by atoms with Gasteiger partial charge in [0.15, 0.2) is 0 Å². The molecule has 0 unspecified atom stereocenters. The van der Waals surface area contributed by atoms with Gasteiger partial charge in [-0.25, -0.2) is 17.8 Å². The van der Waals surface area contributed by atoms with Gasteiger partial charge in [-0.1, -0.05) is 29.8 Å². The second-order valence-corrected chi connectivity index (χ2v) is 11.2. The van der Waals surface area contributed by atoms with E-state index in [1.807, 2.05) is 40.0 Å². The zero-order valence-corrected chi connectivity index (χ0v) is 21.3. The Kier molecular flexibility index (Phi) is 7.10. The van der Waals surface area contributed by atoms with Crippen LogP contribution in [0.2, 0.25) is 0 Å². The fourth-order valence-electron chi connectivity index (χ4n) is 4.96. The molecule has 0 saturated carbocycles. The van der Waals surface area contributed by atoms with Crippen LogP contribution < -0.4 is 5.32 Å². The van der Waals surface area contributed by atoms with Crippen molar-refractivity contribution in [2.45, 2.75) is 44.6 Å². The van der Waals surface area contributed by atoms with Crippen LogP contribution in [0.15, 0.2) is 53.7 Å². The van der Waals surface area contributed by atoms with Crippen LogP contribution in [0.1, 0.15) is 47.0 Å². The van der Waals surface area contributed by atoms with Gasteiger partial charge in [-0.15, -0.1) is 0 Å². The van der Waals surface area contributed by atoms with Crippen LogP contribution in [-0.4, -0.2) is 41.3 Å². The Morgan fingerprint density at radius 1 is 1.11 bits per heavy atom. The third kappa shape index (κ3) is 5.16. The molecule has 2 aromatic carbocycles. The summed E-state index contributed by atoms with van der Waals surface area (Å²) in [7, 11) is -1.84. The van der Waals surface area contributed by atoms with E-state index in [4.69, 9.17) is 0 Å². The number of aromatic nitrogens is 2. The van der Waals surface area contributed by atoms with Crippen LogP contribution in [0.4, 0.5) is 4.39 Å². The first-order valence-electron chi connectivity index (χ1n) is 11.7. The van der Waals surface area contributed by atoms with Gasteiger partial charge in [-0.05, 0) is 62.4 Å². The zero-order chi connectivity index (χ0) is 25.3. The molecule has 1 fully saturated rings. The van der Waals surface area contributed by atoms with Crippen LogP contribution >= 0.6 is 0 Å². The van der Waals surface area contributed by atoms with Gasteiger partial charge in [0.1, 0.15) is 17.7 Å². The van der Waals surface area contributed by atoms with Crippen molar-refractivity contribution in [2.75, 3.05) is 13.1 Å². The molecule has 1 N–H and O–H groups in total. The van der Waals surface area contributed by atoms with Gasteiger partial charge in [-0.3, -0.25) is 4.79 Å². The number of hydrogen-bond donors (Lipinski definition) is 1. The van der Waals surface area contributed by atoms with E-state index in [2.05, 4.69) is 10.3 Å². The van der Waals surface area contributed by atoms with E-state index in [-0.39, 0.29) is 24.9 Å². The number of nitrogens with one attached hydrogen (secondary N) is 1. The molecule has 3 aromatic rings. The lowest BCUT2D eigenvalue weighted by Crippen LogP contribution is -2.44. The van der Waals surface area contributed by atoms with E-state index in [1.165, 1.54) is 16.4 Å². The van der Waals surface area contributed by atoms with Crippen LogP contribution in [0, 0.1) is 32.5 Å². The third-order valence-electron chi connectivity index (χ3n) is 6.61. The second kappa shape index (κ2) is 9.91. The summed E-state index contributed by atoms with van der Waals surface area (Å²) in [4.78, 5) is 17.9. The van der Waals surface area contributed by atoms with Crippen molar-refractivity contribution in [3.05, 3.63) is 82.7 Å². The van der Waals surface area contributed by atoms with Gasteiger partial charge in [0.25, 0.3) is 0 Å². The summed E-state index contributed by atoms with van der Waals surface area (Å²) in [5.74, 6) is -0.342. The minimum absolute atomic E-state index is 0.193. The maximum Gasteiger partial charge on any atom is 0.243 e. The van der Waals surface area contributed by atoms with Crippen molar-refractivity contribution in [3.63, 3.8) is 0 Å². The first kappa shape index (κ1) is 25.1. The molecule has 0 bridgehead atoms. The molecular weight excluding hydrogens is 467 g/mol. The van der Waals surface area contributed by atoms with Gasteiger partial charge in [-0.2, -0.15) is 4.31 Å². The lowest BCUT2D eigenvalue weighted by atomic mass is 9.96. The molecule has 0 radical (unpaired) electrons. The number of halogens is 1. The molecule has 1 saturated heterocycles. The predicted octanol–water partition coefficient (Wildman–Crippen LogP) is 3.79. The monoisotopic (exact) mass is 498 g/mol. The Bertz CT molecular complexity index is 1320. The van der Waals surface area contributed by atoms with Gasteiger partial charge in [0.2, 0.25) is 15.9 Å². The normalized spacial score (nSPS) is 16.3. The Morgan fingerprint density at radius 3 is 2.34 bits per heavy atom. The van der Waals surface area contributed by atoms with Gasteiger partial charge >= 0.3 is 0 Å². The minimum atomic E-state index is -3.65. The standard InChI is InChI=1S/C26H31FN4O3S/c1-17-14-18(2)24(19(3)15-17)35(33,34)31-11-8-20(9-12-31)26(32)29-23(25-28-10-13-30(25)4)21-6-5-7-22(27)16-21/h5-7,10,13-16,20,23H,8-9,11-12H2,1-4H3,(H,29,32)/t23-/m0/s1. The summed E-state index contributed by atoms with van der Waals surface area (Å²) in [5.41, 5.74) is 3.08. The first-order chi connectivity index (χ1) is 16.6. The van der Waals surface area contributed by atoms with E-state index in [1.54, 1.807) is 29.1 Å². The Labute approximate surface area is 206 Å². The van der Waals surface area contributed by atoms with Crippen molar-refractivity contribution in [1.82, 2.24) is 19.2 Å². The number of sulfonamides is 1. The molecule has 7 nitrogen and oxygen atoms in total. The van der Waals surface area contributed by atoms with E-state index < -0.39 is 21.9 Å². The molecule has 1 aliphatic rings. The molecule has 1 aromatic heterocycles. The number of imidazole rings is 1. The van der Waals surface area contributed by atoms with E-state index in [9.17, 15) is 17.6 Å². The third-order valence-corrected chi connectivity index (χ3v) is 8.82. The van der Waals surface area contributed by atoms with Crippen LogP contribution in [0.25, 0.3) is 0 Å². The lowest BCUT2D eigenvalue weighted by molar-refractivity contribution is -0.126. The molecular formula is C26H31FN4O3S. The lowest BCUT2D eigenvalue weighted by Gasteiger charge is -2.32. The minimum Gasteiger partial charge on any atom is -0.342 e. The summed E-state index contributed by atoms with van der Waals surface area (Å²) >= 11 is 0. The molecule has 1 atom stereocenters. The van der Waals surface area contributed by atoms with Crippen molar-refractivity contribution in [1.29, 1.82) is 0 Å². The molecule has 4 rings (SSSR count). The number of piperidine rings is 1. The van der Waals surface area contributed by atoms with Crippen LogP contribution in [0.5, 0.6) is 0 Å². The highest BCUT2D eigenvalue weighted by Gasteiger charge is 2.35. The number of nitrogens with zero attached hydrogens (tertiary/aromatic N) is 3. The second-order valence-electron chi connectivity index (χ2n) is 9.30. The van der Waals surface area contributed by atoms with Gasteiger partial charge < -0.3 is 9.88 Å². The fourth-order valence-corrected chi connectivity index (χ4v) is 6.84. The van der Waals surface area contributed by atoms with Gasteiger partial charge in [0, 0.05) is 38.4 Å². The number of carbonyl (C=O) groups excluding carboxylic acids is 1. The van der Waals surface area contributed by atoms with Crippen LogP contribution in [0.3, 0.4) is 0 Å². The highest BCUT2D eigenvalue weighted by Crippen LogP contribution is 2.30. The number of amides is 1. The number of carbonyl (C=O) groups is 1. The number of hydrogen-bond acceptors (Lipinski definition) is 4. The molecule has 9 heteroatoms. The van der Waals surface area contributed by atoms with Crippen molar-refractivity contribution in [2.24, 2.45) is 13.0 Å². The van der Waals surface area contributed by atoms with E-state index in [0.29, 0.717) is 29.1 Å². The largest absolute Gasteiger partial charge is 0.342 e. The van der Waals surface area contributed by atoms with Crippen molar-refractivity contribution in [3.8, 4) is 0 Å².